The molecule has 0 aliphatic carbocycles. The number of hydrogen-bond acceptors (Lipinski definition) is 1. The van der Waals surface area contributed by atoms with Crippen molar-refractivity contribution in [1.82, 2.24) is 0 Å². The number of benzene rings is 2. The molecular weight excluding hydrogens is 287 g/mol. The van der Waals surface area contributed by atoms with E-state index >= 15 is 0 Å². The zero-order valence-electron chi connectivity index (χ0n) is 14.5. The lowest BCUT2D eigenvalue weighted by Gasteiger charge is -2.25. The molecule has 2 rings (SSSR count). The van der Waals surface area contributed by atoms with Crippen molar-refractivity contribution in [2.24, 2.45) is 0 Å². The summed E-state index contributed by atoms with van der Waals surface area (Å²) >= 11 is 0. The van der Waals surface area contributed by atoms with Gasteiger partial charge in [-0.1, -0.05) is 77.9 Å². The SMILES string of the molecule is CC(C)(C)c1ccccc1[P](=O)c1ccccc1C(C)(C)C. The van der Waals surface area contributed by atoms with Crippen LogP contribution in [0.15, 0.2) is 48.5 Å². The van der Waals surface area contributed by atoms with E-state index in [1.54, 1.807) is 0 Å². The highest BCUT2D eigenvalue weighted by molar-refractivity contribution is 7.61. The summed E-state index contributed by atoms with van der Waals surface area (Å²) in [5.41, 5.74) is 2.30. The molecule has 0 aliphatic heterocycles. The van der Waals surface area contributed by atoms with Gasteiger partial charge in [0.05, 0.1) is 0 Å². The summed E-state index contributed by atoms with van der Waals surface area (Å²) in [5, 5.41) is 1.92. The number of hydrogen-bond donors (Lipinski definition) is 0. The lowest BCUT2D eigenvalue weighted by molar-refractivity contribution is 0.582. The Kier molecular flexibility index (Phi) is 4.59. The molecule has 2 aromatic carbocycles. The van der Waals surface area contributed by atoms with Crippen molar-refractivity contribution in [2.45, 2.75) is 52.4 Å². The highest BCUT2D eigenvalue weighted by Gasteiger charge is 2.25. The van der Waals surface area contributed by atoms with E-state index in [4.69, 9.17) is 0 Å². The Bertz CT molecular complexity index is 628. The molecule has 0 amide bonds. The zero-order chi connectivity index (χ0) is 16.5. The van der Waals surface area contributed by atoms with Crippen LogP contribution in [-0.4, -0.2) is 0 Å². The van der Waals surface area contributed by atoms with Gasteiger partial charge in [0.15, 0.2) is 0 Å². The third-order valence-electron chi connectivity index (χ3n) is 3.86. The predicted molar refractivity (Wildman–Crippen MR) is 97.2 cm³/mol. The summed E-state index contributed by atoms with van der Waals surface area (Å²) in [6.07, 6.45) is 0. The van der Waals surface area contributed by atoms with Crippen molar-refractivity contribution in [2.75, 3.05) is 0 Å². The molecule has 22 heavy (non-hydrogen) atoms. The van der Waals surface area contributed by atoms with Crippen LogP contribution in [0, 0.1) is 0 Å². The van der Waals surface area contributed by atoms with Crippen LogP contribution in [0.5, 0.6) is 0 Å². The highest BCUT2D eigenvalue weighted by atomic mass is 31.1. The maximum Gasteiger partial charge on any atom is 0.137 e. The Morgan fingerprint density at radius 2 is 0.955 bits per heavy atom. The van der Waals surface area contributed by atoms with Gasteiger partial charge in [0.2, 0.25) is 0 Å². The van der Waals surface area contributed by atoms with Crippen LogP contribution in [-0.2, 0) is 15.4 Å². The molecule has 0 spiro atoms. The summed E-state index contributed by atoms with van der Waals surface area (Å²) in [6, 6.07) is 16.3. The minimum atomic E-state index is -1.59. The monoisotopic (exact) mass is 313 g/mol. The molecule has 0 unspecified atom stereocenters. The van der Waals surface area contributed by atoms with Gasteiger partial charge in [-0.3, -0.25) is 4.57 Å². The molecule has 0 aromatic heterocycles. The van der Waals surface area contributed by atoms with Gasteiger partial charge < -0.3 is 0 Å². The highest BCUT2D eigenvalue weighted by Crippen LogP contribution is 2.32. The van der Waals surface area contributed by atoms with Crippen LogP contribution in [0.25, 0.3) is 0 Å². The predicted octanol–water partition coefficient (Wildman–Crippen LogP) is 5.06. The van der Waals surface area contributed by atoms with E-state index in [-0.39, 0.29) is 10.8 Å². The smallest absolute Gasteiger partial charge is 0.137 e. The molecule has 0 saturated heterocycles. The lowest BCUT2D eigenvalue weighted by Crippen LogP contribution is -2.26. The average Bonchev–Trinajstić information content (AvgIpc) is 2.45. The molecule has 1 radical (unpaired) electrons. The van der Waals surface area contributed by atoms with Crippen LogP contribution >= 0.6 is 7.80 Å². The van der Waals surface area contributed by atoms with Gasteiger partial charge in [-0.2, -0.15) is 0 Å². The second-order valence-electron chi connectivity index (χ2n) is 7.83. The fourth-order valence-corrected chi connectivity index (χ4v) is 4.66. The maximum atomic E-state index is 13.3. The largest absolute Gasteiger partial charge is 0.277 e. The van der Waals surface area contributed by atoms with Gasteiger partial charge in [0.25, 0.3) is 0 Å². The Labute approximate surface area is 135 Å². The molecule has 2 aromatic rings. The van der Waals surface area contributed by atoms with E-state index < -0.39 is 7.80 Å². The van der Waals surface area contributed by atoms with Crippen LogP contribution in [0.1, 0.15) is 52.7 Å². The fraction of sp³-hybridized carbons (Fsp3) is 0.400. The summed E-state index contributed by atoms with van der Waals surface area (Å²) in [6.45, 7) is 13.0. The normalized spacial score (nSPS) is 12.3. The first kappa shape index (κ1) is 16.9. The topological polar surface area (TPSA) is 17.1 Å². The number of rotatable bonds is 2. The van der Waals surface area contributed by atoms with Gasteiger partial charge in [0, 0.05) is 10.6 Å². The Balaban J connectivity index is 2.61. The van der Waals surface area contributed by atoms with Gasteiger partial charge in [-0.25, -0.2) is 0 Å². The average molecular weight is 313 g/mol. The Morgan fingerprint density at radius 1 is 0.636 bits per heavy atom. The third kappa shape index (κ3) is 3.47. The Morgan fingerprint density at radius 3 is 1.27 bits per heavy atom. The zero-order valence-corrected chi connectivity index (χ0v) is 15.4. The standard InChI is InChI=1S/C20H26OP/c1-19(2,3)15-11-7-9-13-17(15)22(21)18-14-10-8-12-16(18)20(4,5)6/h7-14H,1-6H3. The first-order valence-corrected chi connectivity index (χ1v) is 9.04. The van der Waals surface area contributed by atoms with Crippen LogP contribution in [0.3, 0.4) is 0 Å². The van der Waals surface area contributed by atoms with Gasteiger partial charge in [-0.15, -0.1) is 0 Å². The summed E-state index contributed by atoms with van der Waals surface area (Å²) < 4.78 is 13.3. The maximum absolute atomic E-state index is 13.3. The van der Waals surface area contributed by atoms with Crippen LogP contribution < -0.4 is 10.6 Å². The summed E-state index contributed by atoms with van der Waals surface area (Å²) in [5.74, 6) is 0. The van der Waals surface area contributed by atoms with E-state index in [0.29, 0.717) is 0 Å². The second kappa shape index (κ2) is 5.97. The van der Waals surface area contributed by atoms with E-state index in [2.05, 4.69) is 53.7 Å². The minimum absolute atomic E-state index is 0.0156. The van der Waals surface area contributed by atoms with Crippen molar-refractivity contribution in [1.29, 1.82) is 0 Å². The molecule has 0 N–H and O–H groups in total. The van der Waals surface area contributed by atoms with E-state index in [1.165, 1.54) is 11.1 Å². The van der Waals surface area contributed by atoms with E-state index in [1.807, 2.05) is 36.4 Å². The lowest BCUT2D eigenvalue weighted by atomic mass is 9.87. The molecule has 0 fully saturated rings. The third-order valence-corrected chi connectivity index (χ3v) is 5.52. The fourth-order valence-electron chi connectivity index (χ4n) is 2.70. The van der Waals surface area contributed by atoms with Gasteiger partial charge in [-0.05, 0) is 34.1 Å². The molecule has 0 saturated carbocycles. The summed E-state index contributed by atoms with van der Waals surface area (Å²) in [4.78, 5) is 0. The molecular formula is C20H26OP. The molecule has 0 heterocycles. The second-order valence-corrected chi connectivity index (χ2v) is 9.38. The summed E-state index contributed by atoms with van der Waals surface area (Å²) in [7, 11) is -1.59. The quantitative estimate of drug-likeness (QED) is 0.708. The molecule has 2 heteroatoms. The van der Waals surface area contributed by atoms with Crippen molar-refractivity contribution in [3.63, 3.8) is 0 Å². The molecule has 0 bridgehead atoms. The minimum Gasteiger partial charge on any atom is -0.277 e. The first-order chi connectivity index (χ1) is 10.1. The van der Waals surface area contributed by atoms with Crippen LogP contribution in [0.4, 0.5) is 0 Å². The van der Waals surface area contributed by atoms with E-state index in [0.717, 1.165) is 10.6 Å². The first-order valence-electron chi connectivity index (χ1n) is 7.78. The van der Waals surface area contributed by atoms with Crippen molar-refractivity contribution >= 4 is 18.4 Å². The van der Waals surface area contributed by atoms with Gasteiger partial charge in [0.1, 0.15) is 7.80 Å². The van der Waals surface area contributed by atoms with Crippen molar-refractivity contribution in [3.05, 3.63) is 59.7 Å². The van der Waals surface area contributed by atoms with Crippen molar-refractivity contribution < 1.29 is 4.57 Å². The molecule has 0 atom stereocenters. The molecule has 1 nitrogen and oxygen atoms in total. The molecule has 117 valence electrons. The van der Waals surface area contributed by atoms with E-state index in [9.17, 15) is 4.57 Å². The molecule has 0 aliphatic rings. The van der Waals surface area contributed by atoms with Gasteiger partial charge >= 0.3 is 0 Å². The van der Waals surface area contributed by atoms with Crippen molar-refractivity contribution in [3.8, 4) is 0 Å². The Hall–Kier alpha value is -1.46. The van der Waals surface area contributed by atoms with Crippen LogP contribution in [0.2, 0.25) is 0 Å².